The third-order valence-corrected chi connectivity index (χ3v) is 7.94. The van der Waals surface area contributed by atoms with Gasteiger partial charge in [-0.15, -0.1) is 13.2 Å². The van der Waals surface area contributed by atoms with E-state index in [0.717, 1.165) is 25.0 Å². The molecule has 0 saturated heterocycles. The molecule has 0 spiro atoms. The summed E-state index contributed by atoms with van der Waals surface area (Å²) in [6.07, 6.45) is -2.43. The zero-order chi connectivity index (χ0) is 24.4. The maximum absolute atomic E-state index is 13.5. The molecule has 3 rings (SSSR count). The van der Waals surface area contributed by atoms with Crippen molar-refractivity contribution < 1.29 is 31.1 Å². The summed E-state index contributed by atoms with van der Waals surface area (Å²) in [7, 11) is -4.13. The van der Waals surface area contributed by atoms with Crippen LogP contribution in [0.15, 0.2) is 47.4 Å². The van der Waals surface area contributed by atoms with Crippen LogP contribution in [0, 0.1) is 5.92 Å². The topological polar surface area (TPSA) is 98.5 Å². The second-order valence-corrected chi connectivity index (χ2v) is 10.6. The maximum Gasteiger partial charge on any atom is 0.573 e. The van der Waals surface area contributed by atoms with E-state index in [1.165, 1.54) is 30.3 Å². The summed E-state index contributed by atoms with van der Waals surface area (Å²) >= 11 is 11.9. The molecule has 1 fully saturated rings. The number of hydrogen-bond acceptors (Lipinski definition) is 5. The van der Waals surface area contributed by atoms with Crippen molar-refractivity contribution in [2.24, 2.45) is 11.7 Å². The van der Waals surface area contributed by atoms with E-state index in [1.54, 1.807) is 0 Å². The molecule has 12 heteroatoms. The van der Waals surface area contributed by atoms with Crippen molar-refractivity contribution in [3.63, 3.8) is 0 Å². The molecule has 1 aliphatic rings. The van der Waals surface area contributed by atoms with Gasteiger partial charge in [-0.2, -0.15) is 0 Å². The van der Waals surface area contributed by atoms with Crippen LogP contribution >= 0.6 is 23.2 Å². The van der Waals surface area contributed by atoms with Crippen LogP contribution < -0.4 is 15.8 Å². The Hall–Kier alpha value is -2.01. The van der Waals surface area contributed by atoms with Crippen LogP contribution in [-0.4, -0.2) is 26.7 Å². The summed E-state index contributed by atoms with van der Waals surface area (Å²) in [5.74, 6) is -1.81. The van der Waals surface area contributed by atoms with Gasteiger partial charge in [0.2, 0.25) is 5.91 Å². The van der Waals surface area contributed by atoms with E-state index in [0.29, 0.717) is 17.9 Å². The van der Waals surface area contributed by atoms with Crippen molar-refractivity contribution in [3.05, 3.63) is 58.1 Å². The number of halogens is 5. The first-order valence-electron chi connectivity index (χ1n) is 9.98. The molecule has 3 N–H and O–H groups in total. The standard InChI is InChI=1S/C21H21Cl2F3N2O4S/c22-13-6-8-14(9-7-13)33(30,31)20(28-17-4-2-1-3-15(17)19(27)29)12-5-10-18(16(23)11-12)32-21(24,25)26/h5-11,15,17,20,28H,1-4H2,(H2,27,29)/t15-,17+,20?/m0/s1. The molecule has 6 nitrogen and oxygen atoms in total. The second-order valence-electron chi connectivity index (χ2n) is 7.68. The number of alkyl halides is 3. The highest BCUT2D eigenvalue weighted by Crippen LogP contribution is 2.36. The number of nitrogens with two attached hydrogens (primary N) is 1. The Morgan fingerprint density at radius 2 is 1.73 bits per heavy atom. The molecule has 1 amide bonds. The molecule has 1 unspecified atom stereocenters. The SMILES string of the molecule is NC(=O)[C@H]1CCCC[C@H]1NC(c1ccc(OC(F)(F)F)c(Cl)c1)S(=O)(=O)c1ccc(Cl)cc1. The molecule has 3 atom stereocenters. The Morgan fingerprint density at radius 1 is 1.09 bits per heavy atom. The molecule has 180 valence electrons. The van der Waals surface area contributed by atoms with Crippen LogP contribution in [0.4, 0.5) is 13.2 Å². The number of carbonyl (C=O) groups is 1. The zero-order valence-corrected chi connectivity index (χ0v) is 19.4. The third kappa shape index (κ3) is 6.32. The van der Waals surface area contributed by atoms with E-state index in [9.17, 15) is 26.4 Å². The monoisotopic (exact) mass is 524 g/mol. The quantitative estimate of drug-likeness (QED) is 0.531. The lowest BCUT2D eigenvalue weighted by molar-refractivity contribution is -0.274. The van der Waals surface area contributed by atoms with Crippen molar-refractivity contribution in [2.75, 3.05) is 0 Å². The van der Waals surface area contributed by atoms with Crippen LogP contribution in [0.1, 0.15) is 36.6 Å². The predicted molar refractivity (Wildman–Crippen MR) is 118 cm³/mol. The van der Waals surface area contributed by atoms with Crippen molar-refractivity contribution in [3.8, 4) is 5.75 Å². The second kappa shape index (κ2) is 10.1. The minimum atomic E-state index is -4.96. The first kappa shape index (κ1) is 25.6. The van der Waals surface area contributed by atoms with Gasteiger partial charge in [-0.1, -0.05) is 42.1 Å². The van der Waals surface area contributed by atoms with E-state index in [-0.39, 0.29) is 10.5 Å². The maximum atomic E-state index is 13.5. The minimum Gasteiger partial charge on any atom is -0.404 e. The smallest absolute Gasteiger partial charge is 0.404 e. The van der Waals surface area contributed by atoms with Crippen molar-refractivity contribution in [2.45, 2.75) is 48.4 Å². The van der Waals surface area contributed by atoms with E-state index < -0.39 is 50.2 Å². The van der Waals surface area contributed by atoms with Gasteiger partial charge in [0.25, 0.3) is 0 Å². The Kier molecular flexibility index (Phi) is 7.83. The average molecular weight is 525 g/mol. The number of benzene rings is 2. The van der Waals surface area contributed by atoms with E-state index >= 15 is 0 Å². The number of rotatable bonds is 7. The molecule has 2 aromatic carbocycles. The van der Waals surface area contributed by atoms with Crippen LogP contribution in [-0.2, 0) is 14.6 Å². The molecule has 0 heterocycles. The van der Waals surface area contributed by atoms with Crippen molar-refractivity contribution in [1.82, 2.24) is 5.32 Å². The molecular formula is C21H21Cl2F3N2O4S. The summed E-state index contributed by atoms with van der Waals surface area (Å²) in [5.41, 5.74) is 5.61. The number of nitrogens with one attached hydrogen (secondary N) is 1. The Balaban J connectivity index is 2.04. The van der Waals surface area contributed by atoms with Gasteiger partial charge in [0, 0.05) is 11.1 Å². The summed E-state index contributed by atoms with van der Waals surface area (Å²) in [6.45, 7) is 0. The van der Waals surface area contributed by atoms with Crippen LogP contribution in [0.3, 0.4) is 0 Å². The average Bonchev–Trinajstić information content (AvgIpc) is 2.73. The molecule has 1 saturated carbocycles. The number of primary amides is 1. The molecule has 0 bridgehead atoms. The Labute approximate surface area is 199 Å². The van der Waals surface area contributed by atoms with Crippen molar-refractivity contribution in [1.29, 1.82) is 0 Å². The first-order chi connectivity index (χ1) is 15.4. The Morgan fingerprint density at radius 3 is 2.30 bits per heavy atom. The van der Waals surface area contributed by atoms with Gasteiger partial charge in [0.15, 0.2) is 9.84 Å². The van der Waals surface area contributed by atoms with E-state index in [2.05, 4.69) is 10.1 Å². The fraction of sp³-hybridized carbons (Fsp3) is 0.381. The van der Waals surface area contributed by atoms with Gasteiger partial charge in [-0.05, 0) is 54.8 Å². The normalized spacial score (nSPS) is 20.3. The molecule has 0 aliphatic heterocycles. The van der Waals surface area contributed by atoms with Gasteiger partial charge in [-0.3, -0.25) is 10.1 Å². The molecule has 33 heavy (non-hydrogen) atoms. The number of hydrogen-bond donors (Lipinski definition) is 2. The third-order valence-electron chi connectivity index (χ3n) is 5.43. The van der Waals surface area contributed by atoms with Crippen LogP contribution in [0.25, 0.3) is 0 Å². The Bertz CT molecular complexity index is 1110. The lowest BCUT2D eigenvalue weighted by Gasteiger charge is -2.33. The van der Waals surface area contributed by atoms with E-state index in [4.69, 9.17) is 28.9 Å². The van der Waals surface area contributed by atoms with Crippen molar-refractivity contribution >= 4 is 38.9 Å². The molecule has 0 aromatic heterocycles. The minimum absolute atomic E-state index is 0.0671. The highest BCUT2D eigenvalue weighted by molar-refractivity contribution is 7.91. The summed E-state index contributed by atoms with van der Waals surface area (Å²) in [5, 5.41) is 1.50. The number of carbonyl (C=O) groups excluding carboxylic acids is 1. The number of ether oxygens (including phenoxy) is 1. The van der Waals surface area contributed by atoms with Gasteiger partial charge in [0.1, 0.15) is 11.1 Å². The summed E-state index contributed by atoms with van der Waals surface area (Å²) < 4.78 is 68.8. The van der Waals surface area contributed by atoms with E-state index in [1.807, 2.05) is 0 Å². The lowest BCUT2D eigenvalue weighted by Crippen LogP contribution is -2.47. The molecule has 2 aromatic rings. The van der Waals surface area contributed by atoms with Gasteiger partial charge in [0.05, 0.1) is 15.8 Å². The highest BCUT2D eigenvalue weighted by Gasteiger charge is 2.37. The first-order valence-corrected chi connectivity index (χ1v) is 12.3. The molecule has 1 aliphatic carbocycles. The largest absolute Gasteiger partial charge is 0.573 e. The molecule has 0 radical (unpaired) electrons. The van der Waals surface area contributed by atoms with Gasteiger partial charge < -0.3 is 10.5 Å². The summed E-state index contributed by atoms with van der Waals surface area (Å²) in [4.78, 5) is 11.9. The predicted octanol–water partition coefficient (Wildman–Crippen LogP) is 5.00. The summed E-state index contributed by atoms with van der Waals surface area (Å²) in [6, 6.07) is 8.13. The highest BCUT2D eigenvalue weighted by atomic mass is 35.5. The number of amides is 1. The fourth-order valence-electron chi connectivity index (χ4n) is 3.88. The number of sulfone groups is 1. The lowest BCUT2D eigenvalue weighted by atomic mass is 9.84. The zero-order valence-electron chi connectivity index (χ0n) is 17.1. The molecular weight excluding hydrogens is 504 g/mol. The fourth-order valence-corrected chi connectivity index (χ4v) is 5.88. The van der Waals surface area contributed by atoms with Gasteiger partial charge in [-0.25, -0.2) is 8.42 Å². The van der Waals surface area contributed by atoms with Crippen LogP contribution in [0.2, 0.25) is 10.0 Å². The van der Waals surface area contributed by atoms with Crippen LogP contribution in [0.5, 0.6) is 5.75 Å². The van der Waals surface area contributed by atoms with Gasteiger partial charge >= 0.3 is 6.36 Å².